The van der Waals surface area contributed by atoms with Crippen LogP contribution in [0.1, 0.15) is 34.1 Å². The summed E-state index contributed by atoms with van der Waals surface area (Å²) in [5.41, 5.74) is 1.65. The van der Waals surface area contributed by atoms with E-state index >= 15 is 0 Å². The van der Waals surface area contributed by atoms with E-state index in [1.807, 2.05) is 24.3 Å². The number of amides is 1. The Balaban J connectivity index is 1.52. The van der Waals surface area contributed by atoms with Crippen molar-refractivity contribution in [1.29, 1.82) is 0 Å². The van der Waals surface area contributed by atoms with Gasteiger partial charge in [0, 0.05) is 12.6 Å². The first kappa shape index (κ1) is 20.6. The summed E-state index contributed by atoms with van der Waals surface area (Å²) in [4.78, 5) is 29.0. The lowest BCUT2D eigenvalue weighted by Gasteiger charge is -2.19. The maximum atomic E-state index is 12.9. The molecule has 0 fully saturated rings. The van der Waals surface area contributed by atoms with Crippen LogP contribution in [-0.4, -0.2) is 41.3 Å². The van der Waals surface area contributed by atoms with Gasteiger partial charge in [-0.05, 0) is 54.1 Å². The van der Waals surface area contributed by atoms with E-state index in [4.69, 9.17) is 25.5 Å². The van der Waals surface area contributed by atoms with Gasteiger partial charge < -0.3 is 13.9 Å². The lowest BCUT2D eigenvalue weighted by molar-refractivity contribution is -0.136. The molecule has 2 aromatic heterocycles. The lowest BCUT2D eigenvalue weighted by Crippen LogP contribution is -2.31. The van der Waals surface area contributed by atoms with Crippen LogP contribution in [0.3, 0.4) is 0 Å². The Bertz CT molecular complexity index is 1110. The highest BCUT2D eigenvalue weighted by molar-refractivity contribution is 6.32. The molecule has 8 nitrogen and oxygen atoms in total. The Morgan fingerprint density at radius 1 is 1.19 bits per heavy atom. The van der Waals surface area contributed by atoms with Crippen LogP contribution in [0.5, 0.6) is 5.75 Å². The summed E-state index contributed by atoms with van der Waals surface area (Å²) in [6.07, 6.45) is 3.44. The van der Waals surface area contributed by atoms with Crippen molar-refractivity contribution in [2.45, 2.75) is 12.5 Å². The van der Waals surface area contributed by atoms with Crippen molar-refractivity contribution in [3.05, 3.63) is 83.0 Å². The van der Waals surface area contributed by atoms with E-state index in [0.717, 1.165) is 11.3 Å². The number of carbonyl (C=O) groups is 2. The third-order valence-electron chi connectivity index (χ3n) is 4.77. The molecule has 1 aromatic carbocycles. The van der Waals surface area contributed by atoms with Gasteiger partial charge in [0.25, 0.3) is 5.91 Å². The first-order chi connectivity index (χ1) is 15.1. The van der Waals surface area contributed by atoms with Gasteiger partial charge in [0.05, 0.1) is 24.6 Å². The van der Waals surface area contributed by atoms with Crippen molar-refractivity contribution >= 4 is 29.2 Å². The number of hydrazone groups is 1. The number of furan rings is 1. The van der Waals surface area contributed by atoms with Gasteiger partial charge in [-0.2, -0.15) is 5.10 Å². The van der Waals surface area contributed by atoms with E-state index in [1.165, 1.54) is 23.5 Å². The molecule has 3 heterocycles. The molecule has 0 aliphatic carbocycles. The number of esters is 1. The van der Waals surface area contributed by atoms with Gasteiger partial charge in [0.1, 0.15) is 22.7 Å². The fraction of sp³-hybridized carbons (Fsp3) is 0.182. The zero-order chi connectivity index (χ0) is 21.8. The summed E-state index contributed by atoms with van der Waals surface area (Å²) >= 11 is 5.91. The largest absolute Gasteiger partial charge is 0.497 e. The van der Waals surface area contributed by atoms with E-state index in [9.17, 15) is 9.59 Å². The number of hydrogen-bond donors (Lipinski definition) is 0. The highest BCUT2D eigenvalue weighted by atomic mass is 35.5. The predicted octanol–water partition coefficient (Wildman–Crippen LogP) is 3.87. The molecule has 0 bridgehead atoms. The minimum absolute atomic E-state index is 0.00870. The van der Waals surface area contributed by atoms with Crippen LogP contribution in [-0.2, 0) is 9.53 Å². The predicted molar refractivity (Wildman–Crippen MR) is 112 cm³/mol. The summed E-state index contributed by atoms with van der Waals surface area (Å²) in [5.74, 6) is 0.0823. The van der Waals surface area contributed by atoms with Gasteiger partial charge in [-0.3, -0.25) is 4.79 Å². The molecule has 4 rings (SSSR count). The van der Waals surface area contributed by atoms with Gasteiger partial charge in [-0.25, -0.2) is 14.8 Å². The highest BCUT2D eigenvalue weighted by Gasteiger charge is 2.35. The average molecular weight is 440 g/mol. The zero-order valence-electron chi connectivity index (χ0n) is 16.5. The van der Waals surface area contributed by atoms with Gasteiger partial charge in [0.2, 0.25) is 0 Å². The fourth-order valence-electron chi connectivity index (χ4n) is 3.21. The van der Waals surface area contributed by atoms with Crippen molar-refractivity contribution < 1.29 is 23.5 Å². The number of pyridine rings is 1. The number of ether oxygens (including phenoxy) is 2. The van der Waals surface area contributed by atoms with E-state index in [-0.39, 0.29) is 10.7 Å². The normalized spacial score (nSPS) is 15.5. The molecule has 1 aliphatic rings. The summed E-state index contributed by atoms with van der Waals surface area (Å²) in [6.45, 7) is -0.499. The molecule has 9 heteroatoms. The molecule has 0 radical (unpaired) electrons. The second kappa shape index (κ2) is 9.01. The van der Waals surface area contributed by atoms with Gasteiger partial charge in [-0.15, -0.1) is 0 Å². The number of aromatic nitrogens is 1. The smallest absolute Gasteiger partial charge is 0.341 e. The number of halogens is 1. The Morgan fingerprint density at radius 2 is 2.00 bits per heavy atom. The Hall–Kier alpha value is -3.65. The fourth-order valence-corrected chi connectivity index (χ4v) is 3.41. The SMILES string of the molecule is COc1ccc(C2=NN(C(=O)COC(=O)c3cccnc3Cl)[C@H](c3ccco3)C2)cc1. The molecule has 1 amide bonds. The summed E-state index contributed by atoms with van der Waals surface area (Å²) < 4.78 is 15.8. The third-order valence-corrected chi connectivity index (χ3v) is 5.07. The van der Waals surface area contributed by atoms with Crippen LogP contribution in [0.4, 0.5) is 0 Å². The van der Waals surface area contributed by atoms with Crippen LogP contribution in [0, 0.1) is 0 Å². The molecule has 0 saturated heterocycles. The van der Waals surface area contributed by atoms with E-state index in [0.29, 0.717) is 17.9 Å². The number of carbonyl (C=O) groups excluding carboxylic acids is 2. The minimum atomic E-state index is -0.737. The van der Waals surface area contributed by atoms with Gasteiger partial charge >= 0.3 is 5.97 Å². The van der Waals surface area contributed by atoms with Crippen LogP contribution >= 0.6 is 11.6 Å². The molecule has 158 valence electrons. The summed E-state index contributed by atoms with van der Waals surface area (Å²) in [7, 11) is 1.59. The van der Waals surface area contributed by atoms with Crippen molar-refractivity contribution in [3.8, 4) is 5.75 Å². The maximum Gasteiger partial charge on any atom is 0.341 e. The molecular weight excluding hydrogens is 422 g/mol. The lowest BCUT2D eigenvalue weighted by atomic mass is 10.0. The Kier molecular flexibility index (Phi) is 5.99. The van der Waals surface area contributed by atoms with Crippen molar-refractivity contribution in [1.82, 2.24) is 9.99 Å². The topological polar surface area (TPSA) is 94.2 Å². The number of rotatable bonds is 6. The van der Waals surface area contributed by atoms with Crippen LogP contribution in [0.15, 0.2) is 70.5 Å². The molecule has 0 spiro atoms. The first-order valence-electron chi connectivity index (χ1n) is 9.42. The Labute approximate surface area is 183 Å². The Morgan fingerprint density at radius 3 is 2.68 bits per heavy atom. The number of methoxy groups -OCH3 is 1. The van der Waals surface area contributed by atoms with E-state index < -0.39 is 24.5 Å². The second-order valence-electron chi connectivity index (χ2n) is 6.67. The van der Waals surface area contributed by atoms with Crippen molar-refractivity contribution in [3.63, 3.8) is 0 Å². The van der Waals surface area contributed by atoms with Crippen LogP contribution in [0.25, 0.3) is 0 Å². The quantitative estimate of drug-likeness (QED) is 0.427. The molecule has 0 saturated carbocycles. The third kappa shape index (κ3) is 4.44. The van der Waals surface area contributed by atoms with E-state index in [2.05, 4.69) is 10.1 Å². The van der Waals surface area contributed by atoms with E-state index in [1.54, 1.807) is 25.3 Å². The molecule has 1 aliphatic heterocycles. The first-order valence-corrected chi connectivity index (χ1v) is 9.79. The molecular formula is C22H18ClN3O5. The second-order valence-corrected chi connectivity index (χ2v) is 7.02. The van der Waals surface area contributed by atoms with Gasteiger partial charge in [-0.1, -0.05) is 11.6 Å². The van der Waals surface area contributed by atoms with Crippen LogP contribution < -0.4 is 4.74 Å². The molecule has 0 unspecified atom stereocenters. The molecule has 1 atom stereocenters. The van der Waals surface area contributed by atoms with Crippen LogP contribution in [0.2, 0.25) is 5.15 Å². The summed E-state index contributed by atoms with van der Waals surface area (Å²) in [6, 6.07) is 13.5. The number of nitrogens with zero attached hydrogens (tertiary/aromatic N) is 3. The molecule has 31 heavy (non-hydrogen) atoms. The highest BCUT2D eigenvalue weighted by Crippen LogP contribution is 2.33. The average Bonchev–Trinajstić information content (AvgIpc) is 3.47. The standard InChI is InChI=1S/C22H18ClN3O5/c1-29-15-8-6-14(7-9-15)17-12-18(19-5-3-11-30-19)26(25-17)20(27)13-31-22(28)16-4-2-10-24-21(16)23/h2-11,18H,12-13H2,1H3/t18-/m0/s1. The number of benzene rings is 1. The zero-order valence-corrected chi connectivity index (χ0v) is 17.3. The maximum absolute atomic E-state index is 12.9. The van der Waals surface area contributed by atoms with Crippen molar-refractivity contribution in [2.24, 2.45) is 5.10 Å². The monoisotopic (exact) mass is 439 g/mol. The van der Waals surface area contributed by atoms with Crippen molar-refractivity contribution in [2.75, 3.05) is 13.7 Å². The number of hydrogen-bond acceptors (Lipinski definition) is 7. The minimum Gasteiger partial charge on any atom is -0.497 e. The van der Waals surface area contributed by atoms with Gasteiger partial charge in [0.15, 0.2) is 6.61 Å². The molecule has 0 N–H and O–H groups in total. The summed E-state index contributed by atoms with van der Waals surface area (Å²) in [5, 5.41) is 5.79. The molecule has 3 aromatic rings.